The number of rotatable bonds is 9. The Hall–Kier alpha value is -2.64. The molecule has 0 radical (unpaired) electrons. The standard InChI is InChI=1S/C23H32N2O5/c1-26-19-8-6-17(21(14-19)28-3)15-24-10-12-25(13-11-24)16-18-7-9-20(27-2)23(30-5)22(18)29-4/h6-9,14H,10-13,15-16H2,1-5H3. The maximum atomic E-state index is 5.63. The summed E-state index contributed by atoms with van der Waals surface area (Å²) >= 11 is 0. The highest BCUT2D eigenvalue weighted by Gasteiger charge is 2.22. The number of hydrogen-bond acceptors (Lipinski definition) is 7. The molecule has 1 aliphatic rings. The minimum atomic E-state index is 0.641. The van der Waals surface area contributed by atoms with Gasteiger partial charge in [-0.2, -0.15) is 0 Å². The molecule has 0 N–H and O–H groups in total. The van der Waals surface area contributed by atoms with Crippen LogP contribution in [0.2, 0.25) is 0 Å². The second-order valence-electron chi connectivity index (χ2n) is 7.22. The summed E-state index contributed by atoms with van der Waals surface area (Å²) in [5.41, 5.74) is 2.27. The third-order valence-electron chi connectivity index (χ3n) is 5.53. The molecule has 164 valence electrons. The Balaban J connectivity index is 1.62. The quantitative estimate of drug-likeness (QED) is 0.623. The Morgan fingerprint density at radius 3 is 1.70 bits per heavy atom. The van der Waals surface area contributed by atoms with Crippen molar-refractivity contribution in [3.8, 4) is 28.7 Å². The summed E-state index contributed by atoms with van der Waals surface area (Å²) in [5.74, 6) is 3.73. The number of piperazine rings is 1. The van der Waals surface area contributed by atoms with E-state index >= 15 is 0 Å². The van der Waals surface area contributed by atoms with Crippen molar-refractivity contribution in [2.24, 2.45) is 0 Å². The number of nitrogens with zero attached hydrogens (tertiary/aromatic N) is 2. The van der Waals surface area contributed by atoms with Gasteiger partial charge in [-0.3, -0.25) is 9.80 Å². The van der Waals surface area contributed by atoms with Crippen LogP contribution >= 0.6 is 0 Å². The van der Waals surface area contributed by atoms with Gasteiger partial charge in [0.05, 0.1) is 35.5 Å². The summed E-state index contributed by atoms with van der Waals surface area (Å²) in [6.45, 7) is 5.62. The zero-order chi connectivity index (χ0) is 21.5. The Morgan fingerprint density at radius 1 is 0.600 bits per heavy atom. The van der Waals surface area contributed by atoms with Crippen molar-refractivity contribution in [3.63, 3.8) is 0 Å². The molecule has 0 saturated carbocycles. The van der Waals surface area contributed by atoms with Crippen molar-refractivity contribution in [2.75, 3.05) is 61.7 Å². The van der Waals surface area contributed by atoms with Gasteiger partial charge < -0.3 is 23.7 Å². The first-order valence-corrected chi connectivity index (χ1v) is 10.1. The van der Waals surface area contributed by atoms with Crippen LogP contribution in [0.5, 0.6) is 28.7 Å². The normalized spacial score (nSPS) is 15.0. The van der Waals surface area contributed by atoms with E-state index in [1.165, 1.54) is 5.56 Å². The van der Waals surface area contributed by atoms with Crippen LogP contribution < -0.4 is 23.7 Å². The molecule has 7 nitrogen and oxygen atoms in total. The highest BCUT2D eigenvalue weighted by molar-refractivity contribution is 5.55. The van der Waals surface area contributed by atoms with E-state index in [1.54, 1.807) is 35.5 Å². The molecule has 0 amide bonds. The lowest BCUT2D eigenvalue weighted by Crippen LogP contribution is -2.45. The van der Waals surface area contributed by atoms with E-state index in [2.05, 4.69) is 21.9 Å². The monoisotopic (exact) mass is 416 g/mol. The second kappa shape index (κ2) is 10.4. The summed E-state index contributed by atoms with van der Waals surface area (Å²) in [6, 6.07) is 9.99. The summed E-state index contributed by atoms with van der Waals surface area (Å²) in [4.78, 5) is 4.89. The maximum absolute atomic E-state index is 5.63. The van der Waals surface area contributed by atoms with Crippen LogP contribution in [-0.2, 0) is 13.1 Å². The molecule has 0 aromatic heterocycles. The Kier molecular flexibility index (Phi) is 7.65. The zero-order valence-corrected chi connectivity index (χ0v) is 18.6. The molecule has 0 aliphatic carbocycles. The predicted molar refractivity (Wildman–Crippen MR) is 116 cm³/mol. The van der Waals surface area contributed by atoms with E-state index in [4.69, 9.17) is 23.7 Å². The maximum Gasteiger partial charge on any atom is 0.203 e. The SMILES string of the molecule is COc1ccc(CN2CCN(Cc3ccc(OC)c(OC)c3OC)CC2)c(OC)c1. The van der Waals surface area contributed by atoms with Crippen molar-refractivity contribution in [1.82, 2.24) is 9.80 Å². The van der Waals surface area contributed by atoms with Crippen molar-refractivity contribution < 1.29 is 23.7 Å². The van der Waals surface area contributed by atoms with Gasteiger partial charge in [0.2, 0.25) is 5.75 Å². The van der Waals surface area contributed by atoms with E-state index in [1.807, 2.05) is 18.2 Å². The van der Waals surface area contributed by atoms with Crippen molar-refractivity contribution >= 4 is 0 Å². The van der Waals surface area contributed by atoms with Gasteiger partial charge in [-0.15, -0.1) is 0 Å². The first-order valence-electron chi connectivity index (χ1n) is 10.1. The fourth-order valence-electron chi connectivity index (χ4n) is 3.86. The molecule has 30 heavy (non-hydrogen) atoms. The van der Waals surface area contributed by atoms with Crippen LogP contribution in [0.1, 0.15) is 11.1 Å². The highest BCUT2D eigenvalue weighted by atomic mass is 16.5. The molecule has 2 aromatic carbocycles. The molecule has 2 aromatic rings. The minimum Gasteiger partial charge on any atom is -0.497 e. The molecule has 0 atom stereocenters. The van der Waals surface area contributed by atoms with Crippen LogP contribution in [-0.4, -0.2) is 71.5 Å². The first kappa shape index (κ1) is 22.1. The first-order chi connectivity index (χ1) is 14.6. The van der Waals surface area contributed by atoms with Gasteiger partial charge in [0.25, 0.3) is 0 Å². The number of hydrogen-bond donors (Lipinski definition) is 0. The van der Waals surface area contributed by atoms with Crippen molar-refractivity contribution in [3.05, 3.63) is 41.5 Å². The van der Waals surface area contributed by atoms with E-state index in [0.29, 0.717) is 11.5 Å². The molecule has 1 saturated heterocycles. The minimum absolute atomic E-state index is 0.641. The smallest absolute Gasteiger partial charge is 0.203 e. The summed E-state index contributed by atoms with van der Waals surface area (Å²) in [7, 11) is 8.30. The lowest BCUT2D eigenvalue weighted by molar-refractivity contribution is 0.120. The van der Waals surface area contributed by atoms with E-state index in [0.717, 1.165) is 62.1 Å². The summed E-state index contributed by atoms with van der Waals surface area (Å²) in [5, 5.41) is 0. The summed E-state index contributed by atoms with van der Waals surface area (Å²) < 4.78 is 27.4. The zero-order valence-electron chi connectivity index (χ0n) is 18.6. The fraction of sp³-hybridized carbons (Fsp3) is 0.478. The van der Waals surface area contributed by atoms with Gasteiger partial charge in [0, 0.05) is 56.5 Å². The van der Waals surface area contributed by atoms with Gasteiger partial charge in [-0.05, 0) is 12.1 Å². The molecular weight excluding hydrogens is 384 g/mol. The van der Waals surface area contributed by atoms with Gasteiger partial charge in [-0.25, -0.2) is 0 Å². The molecule has 3 rings (SSSR count). The van der Waals surface area contributed by atoms with Crippen LogP contribution in [0.25, 0.3) is 0 Å². The average Bonchev–Trinajstić information content (AvgIpc) is 2.80. The average molecular weight is 417 g/mol. The predicted octanol–water partition coefficient (Wildman–Crippen LogP) is 3.05. The Labute approximate surface area is 179 Å². The lowest BCUT2D eigenvalue weighted by Gasteiger charge is -2.35. The molecule has 1 fully saturated rings. The van der Waals surface area contributed by atoms with E-state index in [-0.39, 0.29) is 0 Å². The summed E-state index contributed by atoms with van der Waals surface area (Å²) in [6.07, 6.45) is 0. The highest BCUT2D eigenvalue weighted by Crippen LogP contribution is 2.40. The Morgan fingerprint density at radius 2 is 1.17 bits per heavy atom. The topological polar surface area (TPSA) is 52.6 Å². The number of ether oxygens (including phenoxy) is 5. The van der Waals surface area contributed by atoms with Crippen LogP contribution in [0, 0.1) is 0 Å². The van der Waals surface area contributed by atoms with Crippen molar-refractivity contribution in [1.29, 1.82) is 0 Å². The largest absolute Gasteiger partial charge is 0.497 e. The number of benzene rings is 2. The fourth-order valence-corrected chi connectivity index (χ4v) is 3.86. The molecule has 0 spiro atoms. The van der Waals surface area contributed by atoms with Crippen LogP contribution in [0.4, 0.5) is 0 Å². The van der Waals surface area contributed by atoms with E-state index in [9.17, 15) is 0 Å². The molecule has 0 bridgehead atoms. The van der Waals surface area contributed by atoms with Gasteiger partial charge in [0.1, 0.15) is 11.5 Å². The van der Waals surface area contributed by atoms with E-state index < -0.39 is 0 Å². The Bertz CT molecular complexity index is 835. The number of methoxy groups -OCH3 is 5. The lowest BCUT2D eigenvalue weighted by atomic mass is 10.1. The van der Waals surface area contributed by atoms with Crippen LogP contribution in [0.15, 0.2) is 30.3 Å². The third-order valence-corrected chi connectivity index (χ3v) is 5.53. The van der Waals surface area contributed by atoms with Crippen molar-refractivity contribution in [2.45, 2.75) is 13.1 Å². The molecule has 7 heteroatoms. The van der Waals surface area contributed by atoms with Gasteiger partial charge in [-0.1, -0.05) is 12.1 Å². The molecular formula is C23H32N2O5. The molecule has 1 aliphatic heterocycles. The van der Waals surface area contributed by atoms with Gasteiger partial charge in [0.15, 0.2) is 11.5 Å². The molecule has 0 unspecified atom stereocenters. The third kappa shape index (κ3) is 4.91. The molecule has 1 heterocycles. The van der Waals surface area contributed by atoms with Gasteiger partial charge >= 0.3 is 0 Å². The second-order valence-corrected chi connectivity index (χ2v) is 7.22. The van der Waals surface area contributed by atoms with Crippen LogP contribution in [0.3, 0.4) is 0 Å².